The number of benzene rings is 2. The highest BCUT2D eigenvalue weighted by molar-refractivity contribution is 7.89. The lowest BCUT2D eigenvalue weighted by Crippen LogP contribution is -2.51. The average molecular weight is 415 g/mol. The molecule has 0 amide bonds. The second kappa shape index (κ2) is 6.71. The van der Waals surface area contributed by atoms with E-state index in [1.165, 1.54) is 30.3 Å². The summed E-state index contributed by atoms with van der Waals surface area (Å²) in [4.78, 5) is 11.4. The fourth-order valence-electron chi connectivity index (χ4n) is 3.38. The molecule has 0 fully saturated rings. The van der Waals surface area contributed by atoms with Gasteiger partial charge in [-0.05, 0) is 5.56 Å². The molecule has 1 heterocycles. The van der Waals surface area contributed by atoms with E-state index < -0.39 is 61.8 Å². The Bertz CT molecular complexity index is 1090. The lowest BCUT2D eigenvalue weighted by Gasteiger charge is -2.34. The van der Waals surface area contributed by atoms with Gasteiger partial charge in [0, 0.05) is 6.54 Å². The van der Waals surface area contributed by atoms with Crippen LogP contribution in [0.5, 0.6) is 0 Å². The number of methoxy groups -OCH3 is 1. The predicted molar refractivity (Wildman–Crippen MR) is 89.6 cm³/mol. The first-order valence-electron chi connectivity index (χ1n) is 7.81. The van der Waals surface area contributed by atoms with Gasteiger partial charge < -0.3 is 4.74 Å². The van der Waals surface area contributed by atoms with Crippen LogP contribution in [0.2, 0.25) is 0 Å². The first kappa shape index (κ1) is 20.0. The van der Waals surface area contributed by atoms with Crippen LogP contribution in [0, 0.1) is 23.3 Å². The Hall–Kier alpha value is -2.72. The molecule has 2 aromatic carbocycles. The van der Waals surface area contributed by atoms with Crippen LogP contribution in [0.1, 0.15) is 11.1 Å². The van der Waals surface area contributed by atoms with Gasteiger partial charge in [-0.25, -0.2) is 30.8 Å². The first-order valence-corrected chi connectivity index (χ1v) is 9.25. The molecule has 0 saturated carbocycles. The van der Waals surface area contributed by atoms with Crippen LogP contribution in [0.25, 0.3) is 0 Å². The molecule has 3 rings (SSSR count). The average Bonchev–Trinajstić information content (AvgIpc) is 2.90. The Morgan fingerprint density at radius 2 is 1.68 bits per heavy atom. The van der Waals surface area contributed by atoms with E-state index in [0.717, 1.165) is 13.2 Å². The van der Waals surface area contributed by atoms with Crippen molar-refractivity contribution in [1.29, 1.82) is 0 Å². The summed E-state index contributed by atoms with van der Waals surface area (Å²) < 4.78 is 88.4. The number of halogens is 4. The van der Waals surface area contributed by atoms with E-state index in [9.17, 15) is 30.8 Å². The Kier molecular flexibility index (Phi) is 4.80. The van der Waals surface area contributed by atoms with Gasteiger partial charge in [0.25, 0.3) is 0 Å². The van der Waals surface area contributed by atoms with Gasteiger partial charge in [-0.15, -0.1) is 6.58 Å². The number of nitrogens with zero attached hydrogens (tertiary/aromatic N) is 1. The molecule has 5 nitrogen and oxygen atoms in total. The highest BCUT2D eigenvalue weighted by Gasteiger charge is 2.64. The number of hydrogen-bond acceptors (Lipinski definition) is 4. The minimum atomic E-state index is -4.97. The number of rotatable bonds is 4. The third-order valence-electron chi connectivity index (χ3n) is 4.48. The van der Waals surface area contributed by atoms with Crippen molar-refractivity contribution >= 4 is 16.0 Å². The topological polar surface area (TPSA) is 63.7 Å². The van der Waals surface area contributed by atoms with Gasteiger partial charge in [-0.2, -0.15) is 4.31 Å². The van der Waals surface area contributed by atoms with Gasteiger partial charge >= 0.3 is 5.97 Å². The molecule has 148 valence electrons. The van der Waals surface area contributed by atoms with E-state index in [0.29, 0.717) is 4.31 Å². The van der Waals surface area contributed by atoms with E-state index >= 15 is 0 Å². The van der Waals surface area contributed by atoms with Crippen molar-refractivity contribution in [2.24, 2.45) is 0 Å². The zero-order chi connectivity index (χ0) is 20.9. The maximum atomic E-state index is 14.9. The lowest BCUT2D eigenvalue weighted by atomic mass is 9.82. The van der Waals surface area contributed by atoms with Gasteiger partial charge in [-0.3, -0.25) is 0 Å². The van der Waals surface area contributed by atoms with Crippen LogP contribution in [-0.4, -0.2) is 32.3 Å². The highest BCUT2D eigenvalue weighted by atomic mass is 32.2. The van der Waals surface area contributed by atoms with Crippen molar-refractivity contribution in [2.45, 2.75) is 10.4 Å². The van der Waals surface area contributed by atoms with Gasteiger partial charge in [0.15, 0.2) is 28.8 Å². The van der Waals surface area contributed by atoms with Crippen molar-refractivity contribution in [3.8, 4) is 0 Å². The van der Waals surface area contributed by atoms with Gasteiger partial charge in [0.1, 0.15) is 4.90 Å². The second-order valence-corrected chi connectivity index (χ2v) is 7.65. The van der Waals surface area contributed by atoms with Crippen LogP contribution in [0.15, 0.2) is 47.9 Å². The molecule has 1 aliphatic heterocycles. The molecule has 0 radical (unpaired) electrons. The third-order valence-corrected chi connectivity index (χ3v) is 6.38. The van der Waals surface area contributed by atoms with Crippen LogP contribution in [0.3, 0.4) is 0 Å². The summed E-state index contributed by atoms with van der Waals surface area (Å²) in [5.74, 6) is -9.99. The van der Waals surface area contributed by atoms with E-state index in [1.807, 2.05) is 0 Å². The summed E-state index contributed by atoms with van der Waals surface area (Å²) in [5.41, 5.74) is -3.93. The maximum Gasteiger partial charge on any atom is 0.336 e. The van der Waals surface area contributed by atoms with Crippen LogP contribution >= 0.6 is 0 Å². The monoisotopic (exact) mass is 415 g/mol. The maximum absolute atomic E-state index is 14.9. The first-order chi connectivity index (χ1) is 13.2. The molecule has 10 heteroatoms. The quantitative estimate of drug-likeness (QED) is 0.253. The molecule has 28 heavy (non-hydrogen) atoms. The minimum Gasteiger partial charge on any atom is -0.467 e. The summed E-state index contributed by atoms with van der Waals surface area (Å²) in [7, 11) is -4.07. The zero-order valence-electron chi connectivity index (χ0n) is 14.4. The van der Waals surface area contributed by atoms with Crippen molar-refractivity contribution in [2.75, 3.05) is 13.7 Å². The number of ether oxygens (including phenoxy) is 1. The SMILES string of the molecule is C=CCN1[C@](C(=O)OC)(c2ccccc2)c2c(F)c(F)c(F)c(F)c2S1(=O)=O. The molecule has 0 aliphatic carbocycles. The smallest absolute Gasteiger partial charge is 0.336 e. The second-order valence-electron chi connectivity index (χ2n) is 5.85. The standard InChI is InChI=1S/C18H13F4NO4S/c1-3-9-23-18(17(24)27-2,10-7-5-4-6-8-10)11-12(19)13(20)14(21)15(22)16(11)28(23,25)26/h3-8H,1,9H2,2H3/t18-/m1/s1. The molecule has 0 bridgehead atoms. The summed E-state index contributed by atoms with van der Waals surface area (Å²) in [5, 5.41) is 0. The lowest BCUT2D eigenvalue weighted by molar-refractivity contribution is -0.150. The van der Waals surface area contributed by atoms with Crippen LogP contribution < -0.4 is 0 Å². The van der Waals surface area contributed by atoms with E-state index in [1.54, 1.807) is 0 Å². The van der Waals surface area contributed by atoms with E-state index in [2.05, 4.69) is 6.58 Å². The minimum absolute atomic E-state index is 0.143. The summed E-state index contributed by atoms with van der Waals surface area (Å²) >= 11 is 0. The molecular formula is C18H13F4NO4S. The molecule has 0 unspecified atom stereocenters. The molecule has 0 N–H and O–H groups in total. The number of sulfonamides is 1. The molecular weight excluding hydrogens is 402 g/mol. The van der Waals surface area contributed by atoms with Gasteiger partial charge in [0.05, 0.1) is 12.7 Å². The van der Waals surface area contributed by atoms with Gasteiger partial charge in [0.2, 0.25) is 10.0 Å². The highest BCUT2D eigenvalue weighted by Crippen LogP contribution is 2.51. The normalized spacial score (nSPS) is 20.6. The largest absolute Gasteiger partial charge is 0.467 e. The molecule has 2 aromatic rings. The number of esters is 1. The van der Waals surface area contributed by atoms with E-state index in [-0.39, 0.29) is 5.56 Å². The summed E-state index contributed by atoms with van der Waals surface area (Å²) in [6.07, 6.45) is 1.06. The fourth-order valence-corrected chi connectivity index (χ4v) is 5.35. The third kappa shape index (κ3) is 2.34. The van der Waals surface area contributed by atoms with Crippen molar-refractivity contribution < 1.29 is 35.5 Å². The molecule has 1 atom stereocenters. The Balaban J connectivity index is 2.63. The molecule has 0 aromatic heterocycles. The van der Waals surface area contributed by atoms with Crippen LogP contribution in [-0.2, 0) is 25.1 Å². The Labute approximate surface area is 157 Å². The molecule has 0 saturated heterocycles. The number of hydrogen-bond donors (Lipinski definition) is 0. The molecule has 1 aliphatic rings. The van der Waals surface area contributed by atoms with Crippen molar-refractivity contribution in [3.05, 3.63) is 77.4 Å². The Morgan fingerprint density at radius 1 is 1.11 bits per heavy atom. The number of carbonyl (C=O) groups excluding carboxylic acids is 1. The zero-order valence-corrected chi connectivity index (χ0v) is 15.2. The summed E-state index contributed by atoms with van der Waals surface area (Å²) in [6, 6.07) is 6.86. The summed E-state index contributed by atoms with van der Waals surface area (Å²) in [6.45, 7) is 2.79. The number of fused-ring (bicyclic) bond motifs is 1. The fraction of sp³-hybridized carbons (Fsp3) is 0.167. The van der Waals surface area contributed by atoms with Gasteiger partial charge in [-0.1, -0.05) is 36.4 Å². The van der Waals surface area contributed by atoms with Crippen molar-refractivity contribution in [1.82, 2.24) is 4.31 Å². The van der Waals surface area contributed by atoms with Crippen molar-refractivity contribution in [3.63, 3.8) is 0 Å². The number of carbonyl (C=O) groups is 1. The Morgan fingerprint density at radius 3 is 2.21 bits per heavy atom. The van der Waals surface area contributed by atoms with Crippen LogP contribution in [0.4, 0.5) is 17.6 Å². The molecule has 0 spiro atoms. The van der Waals surface area contributed by atoms with E-state index in [4.69, 9.17) is 4.74 Å². The predicted octanol–water partition coefficient (Wildman–Crippen LogP) is 2.85.